The molecule has 1 aliphatic rings. The average molecular weight is 490 g/mol. The average Bonchev–Trinajstić information content (AvgIpc) is 3.49. The fourth-order valence-electron chi connectivity index (χ4n) is 4.28. The summed E-state index contributed by atoms with van der Waals surface area (Å²) >= 11 is 1.77. The van der Waals surface area contributed by atoms with Crippen LogP contribution in [-0.4, -0.2) is 16.8 Å². The predicted octanol–water partition coefficient (Wildman–Crippen LogP) is 5.90. The number of hydrogen-bond acceptors (Lipinski definition) is 4. The number of aromatic nitrogens is 1. The first-order valence-electron chi connectivity index (χ1n) is 10.00. The van der Waals surface area contributed by atoms with E-state index < -0.39 is 22.4 Å². The third-order valence-corrected chi connectivity index (χ3v) is 8.40. The molecular weight excluding hydrogens is 471 g/mol. The van der Waals surface area contributed by atoms with Crippen LogP contribution in [0.1, 0.15) is 38.8 Å². The molecule has 0 spiro atoms. The topological polar surface area (TPSA) is 79.2 Å². The van der Waals surface area contributed by atoms with E-state index in [1.54, 1.807) is 20.0 Å². The Labute approximate surface area is 194 Å². The Kier molecular flexibility index (Phi) is 4.74. The summed E-state index contributed by atoms with van der Waals surface area (Å²) in [5.74, 6) is -0.853. The number of halogens is 3. The maximum Gasteiger partial charge on any atom is 0.425 e. The van der Waals surface area contributed by atoms with Gasteiger partial charge in [-0.2, -0.15) is 13.2 Å². The molecule has 1 aromatic carbocycles. The minimum absolute atomic E-state index is 0.0356. The Balaban J connectivity index is 1.71. The van der Waals surface area contributed by atoms with Gasteiger partial charge in [0.2, 0.25) is 5.91 Å². The monoisotopic (exact) mass is 489 g/mol. The van der Waals surface area contributed by atoms with Gasteiger partial charge in [-0.3, -0.25) is 9.59 Å². The number of aromatic amines is 1. The molecule has 0 radical (unpaired) electrons. The highest BCUT2D eigenvalue weighted by Gasteiger charge is 2.48. The van der Waals surface area contributed by atoms with E-state index in [0.717, 1.165) is 17.0 Å². The van der Waals surface area contributed by atoms with Crippen LogP contribution < -0.4 is 10.6 Å². The number of benzene rings is 1. The van der Waals surface area contributed by atoms with Gasteiger partial charge in [-0.05, 0) is 36.9 Å². The molecule has 170 valence electrons. The van der Waals surface area contributed by atoms with E-state index in [0.29, 0.717) is 43.5 Å². The molecule has 4 aromatic rings. The smallest absolute Gasteiger partial charge is 0.365 e. The molecular formula is C23H18F3N3O2S2. The molecule has 3 N–H and O–H groups in total. The summed E-state index contributed by atoms with van der Waals surface area (Å²) in [7, 11) is 0. The molecule has 0 fully saturated rings. The van der Waals surface area contributed by atoms with Crippen LogP contribution in [0, 0.1) is 0 Å². The molecule has 0 aliphatic carbocycles. The van der Waals surface area contributed by atoms with Gasteiger partial charge in [0.05, 0.1) is 17.6 Å². The Morgan fingerprint density at radius 2 is 1.97 bits per heavy atom. The first-order valence-corrected chi connectivity index (χ1v) is 11.7. The summed E-state index contributed by atoms with van der Waals surface area (Å²) < 4.78 is 39.4. The van der Waals surface area contributed by atoms with E-state index in [1.807, 2.05) is 24.3 Å². The highest BCUT2D eigenvalue weighted by Crippen LogP contribution is 2.54. The summed E-state index contributed by atoms with van der Waals surface area (Å²) in [6.45, 7) is 3.47. The van der Waals surface area contributed by atoms with Gasteiger partial charge in [0.1, 0.15) is 9.75 Å². The van der Waals surface area contributed by atoms with Crippen molar-refractivity contribution < 1.29 is 22.8 Å². The minimum Gasteiger partial charge on any atom is -0.365 e. The molecule has 0 atom stereocenters. The zero-order valence-electron chi connectivity index (χ0n) is 17.5. The highest BCUT2D eigenvalue weighted by molar-refractivity contribution is 7.16. The van der Waals surface area contributed by atoms with E-state index >= 15 is 0 Å². The molecule has 5 rings (SSSR count). The van der Waals surface area contributed by atoms with Gasteiger partial charge in [-0.1, -0.05) is 18.2 Å². The number of fused-ring (bicyclic) bond motifs is 2. The normalized spacial score (nSPS) is 15.4. The Morgan fingerprint density at radius 3 is 2.64 bits per heavy atom. The van der Waals surface area contributed by atoms with E-state index in [9.17, 15) is 22.8 Å². The van der Waals surface area contributed by atoms with Crippen LogP contribution in [0.15, 0.2) is 41.9 Å². The van der Waals surface area contributed by atoms with Crippen molar-refractivity contribution in [3.8, 4) is 11.1 Å². The van der Waals surface area contributed by atoms with Crippen LogP contribution >= 0.6 is 22.7 Å². The summed E-state index contributed by atoms with van der Waals surface area (Å²) in [6.07, 6.45) is -2.68. The number of amides is 2. The van der Waals surface area contributed by atoms with Crippen molar-refractivity contribution in [3.05, 3.63) is 62.1 Å². The van der Waals surface area contributed by atoms with Gasteiger partial charge < -0.3 is 15.6 Å². The van der Waals surface area contributed by atoms with Crippen molar-refractivity contribution in [2.45, 2.75) is 32.0 Å². The molecule has 0 saturated heterocycles. The lowest BCUT2D eigenvalue weighted by Gasteiger charge is -2.22. The second-order valence-corrected chi connectivity index (χ2v) is 10.4. The van der Waals surface area contributed by atoms with E-state index in [-0.39, 0.29) is 12.5 Å². The van der Waals surface area contributed by atoms with E-state index in [4.69, 9.17) is 5.73 Å². The molecule has 2 amide bonds. The second kappa shape index (κ2) is 7.19. The predicted molar refractivity (Wildman–Crippen MR) is 124 cm³/mol. The third-order valence-electron chi connectivity index (χ3n) is 5.86. The quantitative estimate of drug-likeness (QED) is 0.374. The maximum absolute atomic E-state index is 13.4. The van der Waals surface area contributed by atoms with Crippen molar-refractivity contribution in [2.24, 2.45) is 5.73 Å². The van der Waals surface area contributed by atoms with Crippen LogP contribution in [0.4, 0.5) is 18.9 Å². The number of thiophene rings is 2. The second-order valence-electron chi connectivity index (χ2n) is 8.43. The Hall–Kier alpha value is -3.11. The van der Waals surface area contributed by atoms with Crippen molar-refractivity contribution >= 4 is 51.1 Å². The zero-order valence-corrected chi connectivity index (χ0v) is 19.2. The van der Waals surface area contributed by atoms with Gasteiger partial charge in [0.15, 0.2) is 0 Å². The number of anilines is 1. The third kappa shape index (κ3) is 3.27. The number of primary amides is 1. The maximum atomic E-state index is 13.4. The van der Waals surface area contributed by atoms with Crippen LogP contribution in [0.25, 0.3) is 22.0 Å². The standard InChI is InChI=1S/C23H18F3N3O2S2/c1-22(2)19-17(29(21(22)31)9-11-7-15(32-10-11)23(24,25)26)16(18(33-19)20(27)30)13-8-28-14-6-4-3-5-12(13)14/h3-8,10,28H,9H2,1-2H3,(H2,27,30). The number of nitrogens with one attached hydrogen (secondary N) is 1. The van der Waals surface area contributed by atoms with E-state index in [1.165, 1.54) is 21.6 Å². The number of hydrogen-bond donors (Lipinski definition) is 2. The van der Waals surface area contributed by atoms with E-state index in [2.05, 4.69) is 4.98 Å². The summed E-state index contributed by atoms with van der Waals surface area (Å²) in [4.78, 5) is 30.8. The Morgan fingerprint density at radius 1 is 1.24 bits per heavy atom. The van der Waals surface area contributed by atoms with Gasteiger partial charge in [-0.25, -0.2) is 0 Å². The molecule has 0 unspecified atom stereocenters. The van der Waals surface area contributed by atoms with Crippen LogP contribution in [0.5, 0.6) is 0 Å². The lowest BCUT2D eigenvalue weighted by atomic mass is 9.92. The highest BCUT2D eigenvalue weighted by atomic mass is 32.1. The lowest BCUT2D eigenvalue weighted by molar-refractivity contribution is -0.134. The number of carbonyl (C=O) groups excluding carboxylic acids is 2. The first kappa shape index (κ1) is 21.7. The van der Waals surface area contributed by atoms with Crippen LogP contribution in [0.3, 0.4) is 0 Å². The number of nitrogens with zero attached hydrogens (tertiary/aromatic N) is 1. The summed E-state index contributed by atoms with van der Waals surface area (Å²) in [5.41, 5.74) is 7.80. The molecule has 5 nitrogen and oxygen atoms in total. The number of rotatable bonds is 4. The SMILES string of the molecule is CC1(C)C(=O)N(Cc2csc(C(F)(F)F)c2)c2c1sc(C(N)=O)c2-c1c[nH]c2ccccc12. The van der Waals surface area contributed by atoms with Crippen molar-refractivity contribution in [3.63, 3.8) is 0 Å². The Bertz CT molecular complexity index is 1430. The van der Waals surface area contributed by atoms with Gasteiger partial charge in [-0.15, -0.1) is 22.7 Å². The molecule has 33 heavy (non-hydrogen) atoms. The first-order chi connectivity index (χ1) is 15.5. The molecule has 0 bridgehead atoms. The molecule has 3 aromatic heterocycles. The lowest BCUT2D eigenvalue weighted by Crippen LogP contribution is -2.36. The zero-order chi connectivity index (χ0) is 23.7. The number of para-hydroxylation sites is 1. The van der Waals surface area contributed by atoms with Gasteiger partial charge in [0, 0.05) is 33.1 Å². The molecule has 1 aliphatic heterocycles. The number of carbonyl (C=O) groups is 2. The number of H-pyrrole nitrogens is 1. The number of alkyl halides is 3. The van der Waals surface area contributed by atoms with Crippen molar-refractivity contribution in [1.29, 1.82) is 0 Å². The fourth-order valence-corrected chi connectivity index (χ4v) is 6.32. The van der Waals surface area contributed by atoms with Gasteiger partial charge in [0.25, 0.3) is 5.91 Å². The summed E-state index contributed by atoms with van der Waals surface area (Å²) in [6, 6.07) is 8.61. The van der Waals surface area contributed by atoms with Crippen LogP contribution in [-0.2, 0) is 22.9 Å². The molecule has 4 heterocycles. The molecule has 10 heteroatoms. The largest absolute Gasteiger partial charge is 0.425 e. The van der Waals surface area contributed by atoms with Gasteiger partial charge >= 0.3 is 6.18 Å². The number of nitrogens with two attached hydrogens (primary N) is 1. The fraction of sp³-hybridized carbons (Fsp3) is 0.217. The summed E-state index contributed by atoms with van der Waals surface area (Å²) in [5, 5.41) is 2.26. The molecule has 0 saturated carbocycles. The van der Waals surface area contributed by atoms with Crippen molar-refractivity contribution in [1.82, 2.24) is 4.98 Å². The van der Waals surface area contributed by atoms with Crippen molar-refractivity contribution in [2.75, 3.05) is 4.90 Å². The van der Waals surface area contributed by atoms with Crippen LogP contribution in [0.2, 0.25) is 0 Å². The minimum atomic E-state index is -4.45.